The first-order valence-electron chi connectivity index (χ1n) is 26.8. The Morgan fingerprint density at radius 2 is 1.45 bits per heavy atom. The molecular weight excluding hydrogens is 891 g/mol. The maximum absolute atomic E-state index is 14.5. The zero-order valence-electron chi connectivity index (χ0n) is 45.0. The van der Waals surface area contributed by atoms with Gasteiger partial charge in [0.1, 0.15) is 17.1 Å². The summed E-state index contributed by atoms with van der Waals surface area (Å²) >= 11 is 0. The Morgan fingerprint density at radius 1 is 0.783 bits per heavy atom. The van der Waals surface area contributed by atoms with E-state index in [-0.39, 0.29) is 119 Å². The lowest BCUT2D eigenvalue weighted by Gasteiger charge is -2.51. The standard InChI is InChI=1S/C56H91NO11Si/c1-32-25-41-20-23-45-33(2)26-40(61-45)19-17-38(58)18-22-47(68-69(15,16)55(10,11)12)52-36(5)35(4)51-46(65-52)24-21-42(63-51)27-39(59)28-44-37(6)48(64-50(44)30-49(62-41)34(32)3)29-43-31-57(56(13,14)66-43)53(60)67-54(7,8)9/h18,22,32,35-37,40-52H,2-3,17,19-21,23-31H2,1,4-16H3/b22-18+/t32-,35-,36+,37-,40+,41+,42-,43+,44-,45?,46+,47+,48-,49?,50+,51-,52-/m1/s1. The number of fused-ring (bicyclic) bond motifs is 2. The maximum atomic E-state index is 14.5. The quantitative estimate of drug-likeness (QED) is 0.197. The van der Waals surface area contributed by atoms with Gasteiger partial charge in [-0.25, -0.2) is 4.79 Å². The van der Waals surface area contributed by atoms with Crippen LogP contribution in [0.25, 0.3) is 0 Å². The van der Waals surface area contributed by atoms with E-state index in [2.05, 4.69) is 74.7 Å². The molecule has 2 unspecified atom stereocenters. The van der Waals surface area contributed by atoms with E-state index in [0.29, 0.717) is 45.1 Å². The first-order valence-corrected chi connectivity index (χ1v) is 29.7. The summed E-state index contributed by atoms with van der Waals surface area (Å²) in [7, 11) is -2.28. The van der Waals surface area contributed by atoms with Crippen LogP contribution in [-0.2, 0) is 47.2 Å². The zero-order valence-corrected chi connectivity index (χ0v) is 46.0. The number of ketones is 2. The average molecular weight is 982 g/mol. The molecule has 6 fully saturated rings. The van der Waals surface area contributed by atoms with Gasteiger partial charge in [0.15, 0.2) is 14.1 Å². The van der Waals surface area contributed by atoms with Gasteiger partial charge in [-0.05, 0) is 145 Å². The van der Waals surface area contributed by atoms with E-state index in [0.717, 1.165) is 49.7 Å². The van der Waals surface area contributed by atoms with Gasteiger partial charge in [0, 0.05) is 32.1 Å². The van der Waals surface area contributed by atoms with Crippen molar-refractivity contribution in [3.05, 3.63) is 36.5 Å². The highest BCUT2D eigenvalue weighted by molar-refractivity contribution is 6.74. The smallest absolute Gasteiger partial charge is 0.412 e. The second-order valence-electron chi connectivity index (χ2n) is 25.4. The molecule has 0 N–H and O–H groups in total. The maximum Gasteiger partial charge on any atom is 0.412 e. The number of hydrogen-bond acceptors (Lipinski definition) is 11. The first-order chi connectivity index (χ1) is 32.1. The molecule has 9 heterocycles. The highest BCUT2D eigenvalue weighted by Crippen LogP contribution is 2.47. The van der Waals surface area contributed by atoms with E-state index < -0.39 is 25.7 Å². The summed E-state index contributed by atoms with van der Waals surface area (Å²) in [5.74, 6) is 0.697. The van der Waals surface area contributed by atoms with Crippen molar-refractivity contribution in [2.45, 2.75) is 263 Å². The van der Waals surface area contributed by atoms with Crippen LogP contribution >= 0.6 is 0 Å². The van der Waals surface area contributed by atoms with E-state index in [4.69, 9.17) is 37.6 Å². The molecule has 1 amide bonds. The molecule has 9 rings (SSSR count). The zero-order chi connectivity index (χ0) is 50.5. The van der Waals surface area contributed by atoms with Crippen molar-refractivity contribution >= 4 is 26.0 Å². The average Bonchev–Trinajstić information content (AvgIpc) is 3.86. The van der Waals surface area contributed by atoms with Gasteiger partial charge in [0.25, 0.3) is 0 Å². The summed E-state index contributed by atoms with van der Waals surface area (Å²) < 4.78 is 54.0. The fraction of sp³-hybridized carbons (Fsp3) is 0.839. The number of hydrogen-bond donors (Lipinski definition) is 0. The molecule has 0 spiro atoms. The summed E-state index contributed by atoms with van der Waals surface area (Å²) in [5.41, 5.74) is 0.678. The summed E-state index contributed by atoms with van der Waals surface area (Å²) in [6.07, 6.45) is 8.80. The molecular formula is C56H91NO11Si. The van der Waals surface area contributed by atoms with Gasteiger partial charge in [-0.1, -0.05) is 67.7 Å². The topological polar surface area (TPSA) is 128 Å². The Balaban J connectivity index is 1.13. The predicted molar refractivity (Wildman–Crippen MR) is 270 cm³/mol. The van der Waals surface area contributed by atoms with Gasteiger partial charge in [0.05, 0.1) is 79.8 Å². The fourth-order valence-electron chi connectivity index (χ4n) is 12.1. The lowest BCUT2D eigenvalue weighted by molar-refractivity contribution is -0.237. The van der Waals surface area contributed by atoms with Crippen molar-refractivity contribution in [3.8, 4) is 0 Å². The summed E-state index contributed by atoms with van der Waals surface area (Å²) in [5, 5.41) is -0.0337. The molecule has 0 aromatic rings. The van der Waals surface area contributed by atoms with Crippen molar-refractivity contribution in [1.82, 2.24) is 4.90 Å². The number of carbonyl (C=O) groups is 3. The van der Waals surface area contributed by atoms with Crippen LogP contribution in [0.3, 0.4) is 0 Å². The molecule has 9 aliphatic heterocycles. The molecule has 0 aromatic heterocycles. The normalized spacial score (nSPS) is 41.4. The van der Waals surface area contributed by atoms with E-state index >= 15 is 0 Å². The summed E-state index contributed by atoms with van der Waals surface area (Å²) in [4.78, 5) is 43.1. The van der Waals surface area contributed by atoms with Crippen molar-refractivity contribution < 1.29 is 52.0 Å². The molecule has 0 aromatic carbocycles. The third-order valence-corrected chi connectivity index (χ3v) is 22.0. The van der Waals surface area contributed by atoms with E-state index in [1.807, 2.05) is 40.7 Å². The van der Waals surface area contributed by atoms with Crippen LogP contribution in [0.4, 0.5) is 4.79 Å². The molecule has 0 aliphatic carbocycles. The van der Waals surface area contributed by atoms with Crippen molar-refractivity contribution in [1.29, 1.82) is 0 Å². The van der Waals surface area contributed by atoms with Gasteiger partial charge >= 0.3 is 6.09 Å². The number of Topliss-reactive ketones (excluding diaryl/α,β-unsaturated/α-hetero) is 1. The van der Waals surface area contributed by atoms with Crippen molar-refractivity contribution in [3.63, 3.8) is 0 Å². The first kappa shape index (κ1) is 54.5. The molecule has 390 valence electrons. The van der Waals surface area contributed by atoms with E-state index in [1.54, 1.807) is 11.0 Å². The van der Waals surface area contributed by atoms with Crippen LogP contribution in [0, 0.1) is 29.6 Å². The summed E-state index contributed by atoms with van der Waals surface area (Å²) in [6, 6.07) is 0. The second kappa shape index (κ2) is 21.3. The largest absolute Gasteiger partial charge is 0.444 e. The third kappa shape index (κ3) is 12.9. The highest BCUT2D eigenvalue weighted by Gasteiger charge is 2.52. The lowest BCUT2D eigenvalue weighted by Crippen LogP contribution is -2.58. The third-order valence-electron chi connectivity index (χ3n) is 17.6. The van der Waals surface area contributed by atoms with Gasteiger partial charge in [-0.15, -0.1) is 0 Å². The Morgan fingerprint density at radius 3 is 2.14 bits per heavy atom. The Hall–Kier alpha value is -2.23. The fourth-order valence-corrected chi connectivity index (χ4v) is 13.3. The Kier molecular flexibility index (Phi) is 16.8. The minimum atomic E-state index is -2.28. The second-order valence-corrected chi connectivity index (χ2v) is 30.2. The van der Waals surface area contributed by atoms with E-state index in [9.17, 15) is 14.4 Å². The molecule has 17 atom stereocenters. The molecule has 12 nitrogen and oxygen atoms in total. The van der Waals surface area contributed by atoms with Crippen LogP contribution in [-0.4, -0.2) is 122 Å². The highest BCUT2D eigenvalue weighted by atomic mass is 28.4. The lowest BCUT2D eigenvalue weighted by atomic mass is 9.76. The number of rotatable bonds is 4. The number of carbonyl (C=O) groups excluding carboxylic acids is 3. The minimum absolute atomic E-state index is 0.0112. The number of amides is 1. The predicted octanol–water partition coefficient (Wildman–Crippen LogP) is 11.2. The molecule has 13 heteroatoms. The van der Waals surface area contributed by atoms with Crippen LogP contribution < -0.4 is 0 Å². The SMILES string of the molecule is C=C1C[C@@H]2CCC(=O)/C=C/[C@H](O[Si](C)(C)C(C)(C)C)[C@@H]3O[C@H]4CC[C@H](CC(=O)C[C@@H]5[C@@H](C)[C@@H](C[C@H]6CN(C(=O)OC(C)(C)C)C(C)(C)O6)O[C@H]5CC5O[C@@H](CCC1O2)C[C@@H](C)C5=C)O[C@@H]4[C@H](C)[C@@H]3C. The molecule has 0 saturated carbocycles. The van der Waals surface area contributed by atoms with Gasteiger partial charge < -0.3 is 37.6 Å². The van der Waals surface area contributed by atoms with Crippen LogP contribution in [0.1, 0.15) is 160 Å². The van der Waals surface area contributed by atoms with Crippen molar-refractivity contribution in [2.75, 3.05) is 6.54 Å². The van der Waals surface area contributed by atoms with Crippen LogP contribution in [0.15, 0.2) is 36.5 Å². The minimum Gasteiger partial charge on any atom is -0.444 e. The van der Waals surface area contributed by atoms with Gasteiger partial charge in [-0.3, -0.25) is 14.5 Å². The molecule has 69 heavy (non-hydrogen) atoms. The Bertz CT molecular complexity index is 1900. The molecule has 8 bridgehead atoms. The number of nitrogens with zero attached hydrogens (tertiary/aromatic N) is 1. The van der Waals surface area contributed by atoms with Gasteiger partial charge in [0.2, 0.25) is 0 Å². The van der Waals surface area contributed by atoms with Gasteiger partial charge in [-0.2, -0.15) is 0 Å². The van der Waals surface area contributed by atoms with Crippen molar-refractivity contribution in [2.24, 2.45) is 29.6 Å². The van der Waals surface area contributed by atoms with Crippen LogP contribution in [0.5, 0.6) is 0 Å². The summed E-state index contributed by atoms with van der Waals surface area (Å²) in [6.45, 7) is 39.0. The number of ether oxygens (including phenoxy) is 7. The molecule has 6 saturated heterocycles. The molecule has 9 aliphatic rings. The van der Waals surface area contributed by atoms with Crippen LogP contribution in [0.2, 0.25) is 18.1 Å². The Labute approximate surface area is 416 Å². The van der Waals surface area contributed by atoms with E-state index in [1.165, 1.54) is 0 Å². The number of allylic oxidation sites excluding steroid dienone is 1. The molecule has 0 radical (unpaired) electrons. The monoisotopic (exact) mass is 982 g/mol.